The average molecular weight is 307 g/mol. The van der Waals surface area contributed by atoms with Gasteiger partial charge in [-0.3, -0.25) is 14.8 Å². The molecular weight excluding hydrogens is 290 g/mol. The second-order valence-electron chi connectivity index (χ2n) is 7.06. The predicted molar refractivity (Wildman–Crippen MR) is 84.4 cm³/mol. The summed E-state index contributed by atoms with van der Waals surface area (Å²) in [7, 11) is 0. The van der Waals surface area contributed by atoms with E-state index in [0.29, 0.717) is 28.9 Å². The summed E-state index contributed by atoms with van der Waals surface area (Å²) in [5.74, 6) is 0.509. The van der Waals surface area contributed by atoms with Gasteiger partial charge in [0, 0.05) is 5.39 Å². The van der Waals surface area contributed by atoms with Crippen molar-refractivity contribution < 1.29 is 14.8 Å². The highest BCUT2D eigenvalue weighted by Crippen LogP contribution is 2.56. The first-order valence-corrected chi connectivity index (χ1v) is 8.30. The first-order chi connectivity index (χ1) is 11.2. The zero-order valence-electron chi connectivity index (χ0n) is 12.7. The SMILES string of the molecule is O=C1c2cccc3ccc(C(C4CC4)C4CC4)c(c23)C(=O)N1O. The maximum absolute atomic E-state index is 12.7. The first kappa shape index (κ1) is 13.3. The minimum absolute atomic E-state index is 0.289. The Kier molecular flexibility index (Phi) is 2.55. The maximum atomic E-state index is 12.7. The Balaban J connectivity index is 1.82. The van der Waals surface area contributed by atoms with Crippen molar-refractivity contribution >= 4 is 22.6 Å². The molecule has 116 valence electrons. The van der Waals surface area contributed by atoms with Crippen LogP contribution in [0.3, 0.4) is 0 Å². The molecule has 0 unspecified atom stereocenters. The number of hydrogen-bond donors (Lipinski definition) is 1. The van der Waals surface area contributed by atoms with Crippen molar-refractivity contribution in [2.75, 3.05) is 0 Å². The Morgan fingerprint density at radius 2 is 1.65 bits per heavy atom. The first-order valence-electron chi connectivity index (χ1n) is 8.30. The van der Waals surface area contributed by atoms with Gasteiger partial charge in [-0.15, -0.1) is 5.06 Å². The molecule has 5 rings (SSSR count). The Labute approximate surface area is 133 Å². The number of imide groups is 1. The molecule has 2 amide bonds. The van der Waals surface area contributed by atoms with Crippen LogP contribution in [0.2, 0.25) is 0 Å². The van der Waals surface area contributed by atoms with Crippen LogP contribution in [0, 0.1) is 11.8 Å². The second-order valence-corrected chi connectivity index (χ2v) is 7.06. The van der Waals surface area contributed by atoms with Crippen molar-refractivity contribution in [1.82, 2.24) is 5.06 Å². The number of carbonyl (C=O) groups is 2. The second kappa shape index (κ2) is 4.42. The molecule has 0 radical (unpaired) electrons. The zero-order valence-corrected chi connectivity index (χ0v) is 12.7. The molecule has 2 aromatic carbocycles. The number of carbonyl (C=O) groups excluding carboxylic acids is 2. The molecule has 2 aliphatic carbocycles. The lowest BCUT2D eigenvalue weighted by Gasteiger charge is -2.27. The van der Waals surface area contributed by atoms with Crippen LogP contribution < -0.4 is 0 Å². The van der Waals surface area contributed by atoms with Crippen molar-refractivity contribution in [3.05, 3.63) is 47.0 Å². The van der Waals surface area contributed by atoms with E-state index >= 15 is 0 Å². The normalized spacial score (nSPS) is 20.7. The number of nitrogens with zero attached hydrogens (tertiary/aromatic N) is 1. The van der Waals surface area contributed by atoms with Crippen LogP contribution in [0.4, 0.5) is 0 Å². The monoisotopic (exact) mass is 307 g/mol. The average Bonchev–Trinajstić information content (AvgIpc) is 3.45. The highest BCUT2D eigenvalue weighted by molar-refractivity contribution is 6.25. The quantitative estimate of drug-likeness (QED) is 0.694. The highest BCUT2D eigenvalue weighted by Gasteiger charge is 2.45. The summed E-state index contributed by atoms with van der Waals surface area (Å²) in [6.45, 7) is 0. The molecule has 2 fully saturated rings. The summed E-state index contributed by atoms with van der Waals surface area (Å²) in [6.07, 6.45) is 4.87. The van der Waals surface area contributed by atoms with Gasteiger partial charge in [0.25, 0.3) is 11.8 Å². The lowest BCUT2D eigenvalue weighted by molar-refractivity contribution is -0.0378. The molecular formula is C19H17NO3. The lowest BCUT2D eigenvalue weighted by atomic mass is 9.82. The van der Waals surface area contributed by atoms with Crippen LogP contribution in [0.5, 0.6) is 0 Å². The van der Waals surface area contributed by atoms with E-state index in [2.05, 4.69) is 0 Å². The van der Waals surface area contributed by atoms with E-state index in [1.54, 1.807) is 12.1 Å². The minimum Gasteiger partial charge on any atom is -0.278 e. The van der Waals surface area contributed by atoms with E-state index in [-0.39, 0.29) is 5.06 Å². The van der Waals surface area contributed by atoms with Gasteiger partial charge in [0.2, 0.25) is 0 Å². The molecule has 1 aliphatic heterocycles. The summed E-state index contributed by atoms with van der Waals surface area (Å²) in [5.41, 5.74) is 2.00. The number of benzene rings is 2. The van der Waals surface area contributed by atoms with E-state index in [0.717, 1.165) is 16.3 Å². The van der Waals surface area contributed by atoms with Gasteiger partial charge in [0.05, 0.1) is 11.1 Å². The fourth-order valence-electron chi connectivity index (χ4n) is 4.20. The van der Waals surface area contributed by atoms with Gasteiger partial charge < -0.3 is 0 Å². The van der Waals surface area contributed by atoms with E-state index in [1.807, 2.05) is 18.2 Å². The van der Waals surface area contributed by atoms with Crippen molar-refractivity contribution in [3.63, 3.8) is 0 Å². The van der Waals surface area contributed by atoms with Gasteiger partial charge in [0.15, 0.2) is 0 Å². The summed E-state index contributed by atoms with van der Waals surface area (Å²) in [4.78, 5) is 24.9. The molecule has 0 saturated heterocycles. The van der Waals surface area contributed by atoms with Crippen LogP contribution in [0.1, 0.15) is 57.9 Å². The molecule has 2 saturated carbocycles. The summed E-state index contributed by atoms with van der Waals surface area (Å²) in [5, 5.41) is 11.9. The number of hydrogen-bond acceptors (Lipinski definition) is 3. The van der Waals surface area contributed by atoms with Crippen molar-refractivity contribution in [2.45, 2.75) is 31.6 Å². The summed E-state index contributed by atoms with van der Waals surface area (Å²) >= 11 is 0. The predicted octanol–water partition coefficient (Wildman–Crippen LogP) is 3.73. The Morgan fingerprint density at radius 1 is 0.957 bits per heavy atom. The summed E-state index contributed by atoms with van der Waals surface area (Å²) < 4.78 is 0. The smallest absolute Gasteiger partial charge is 0.278 e. The largest absolute Gasteiger partial charge is 0.285 e. The van der Waals surface area contributed by atoms with Gasteiger partial charge in [-0.05, 0) is 60.5 Å². The Hall–Kier alpha value is -2.20. The fraction of sp³-hybridized carbons (Fsp3) is 0.368. The van der Waals surface area contributed by atoms with Crippen LogP contribution in [0.15, 0.2) is 30.3 Å². The third-order valence-electron chi connectivity index (χ3n) is 5.53. The van der Waals surface area contributed by atoms with E-state index in [9.17, 15) is 14.8 Å². The number of hydroxylamine groups is 2. The minimum atomic E-state index is -0.625. The zero-order chi connectivity index (χ0) is 15.7. The van der Waals surface area contributed by atoms with Gasteiger partial charge >= 0.3 is 0 Å². The van der Waals surface area contributed by atoms with Crippen LogP contribution >= 0.6 is 0 Å². The van der Waals surface area contributed by atoms with Crippen molar-refractivity contribution in [3.8, 4) is 0 Å². The number of amides is 2. The Morgan fingerprint density at radius 3 is 2.30 bits per heavy atom. The van der Waals surface area contributed by atoms with E-state index < -0.39 is 11.8 Å². The van der Waals surface area contributed by atoms with Crippen molar-refractivity contribution in [2.24, 2.45) is 11.8 Å². The molecule has 1 N–H and O–H groups in total. The van der Waals surface area contributed by atoms with E-state index in [1.165, 1.54) is 25.7 Å². The molecule has 0 spiro atoms. The fourth-order valence-corrected chi connectivity index (χ4v) is 4.20. The Bertz CT molecular complexity index is 852. The van der Waals surface area contributed by atoms with Crippen LogP contribution in [0.25, 0.3) is 10.8 Å². The maximum Gasteiger partial charge on any atom is 0.285 e. The lowest BCUT2D eigenvalue weighted by Crippen LogP contribution is -2.38. The number of rotatable bonds is 3. The highest BCUT2D eigenvalue weighted by atomic mass is 16.5. The third-order valence-corrected chi connectivity index (χ3v) is 5.53. The van der Waals surface area contributed by atoms with Crippen LogP contribution in [-0.2, 0) is 0 Å². The van der Waals surface area contributed by atoms with Gasteiger partial charge in [0.1, 0.15) is 0 Å². The van der Waals surface area contributed by atoms with Gasteiger partial charge in [-0.1, -0.05) is 24.3 Å². The molecule has 0 aromatic heterocycles. The molecule has 2 aromatic rings. The molecule has 4 heteroatoms. The van der Waals surface area contributed by atoms with Crippen molar-refractivity contribution in [1.29, 1.82) is 0 Å². The van der Waals surface area contributed by atoms with Crippen LogP contribution in [-0.4, -0.2) is 22.1 Å². The molecule has 1 heterocycles. The third kappa shape index (κ3) is 1.81. The van der Waals surface area contributed by atoms with Gasteiger partial charge in [-0.2, -0.15) is 0 Å². The standard InChI is InChI=1S/C19H17NO3/c21-18-14-3-1-2-10-8-9-13(15(11-4-5-11)12-6-7-12)17(16(10)14)19(22)20(18)23/h1-3,8-9,11-12,15,23H,4-7H2. The summed E-state index contributed by atoms with van der Waals surface area (Å²) in [6, 6.07) is 9.47. The molecule has 0 atom stereocenters. The van der Waals surface area contributed by atoms with E-state index in [4.69, 9.17) is 0 Å². The van der Waals surface area contributed by atoms with Gasteiger partial charge in [-0.25, -0.2) is 0 Å². The molecule has 3 aliphatic rings. The topological polar surface area (TPSA) is 57.6 Å². The molecule has 23 heavy (non-hydrogen) atoms. The molecule has 0 bridgehead atoms. The molecule has 4 nitrogen and oxygen atoms in total.